The molecule has 1 atom stereocenters. The fourth-order valence-corrected chi connectivity index (χ4v) is 1.05. The quantitative estimate of drug-likeness (QED) is 0.526. The molecule has 64 valence electrons. The van der Waals surface area contributed by atoms with E-state index in [-0.39, 0.29) is 12.0 Å². The van der Waals surface area contributed by atoms with Crippen LogP contribution in [0.3, 0.4) is 0 Å². The summed E-state index contributed by atoms with van der Waals surface area (Å²) < 4.78 is 9.74. The topological polar surface area (TPSA) is 47.6 Å². The van der Waals surface area contributed by atoms with E-state index in [1.807, 2.05) is 0 Å². The second kappa shape index (κ2) is 4.31. The lowest BCUT2D eigenvalue weighted by molar-refractivity contribution is -0.143. The second-order valence-electron chi connectivity index (χ2n) is 2.43. The van der Waals surface area contributed by atoms with Crippen LogP contribution in [0.2, 0.25) is 0 Å². The van der Waals surface area contributed by atoms with Gasteiger partial charge in [0.2, 0.25) is 0 Å². The molecule has 1 N–H and O–H groups in total. The third-order valence-electron chi connectivity index (χ3n) is 1.67. The number of rotatable bonds is 1. The van der Waals surface area contributed by atoms with Crippen LogP contribution in [0.5, 0.6) is 0 Å². The molecule has 4 nitrogen and oxygen atoms in total. The molecule has 0 bridgehead atoms. The van der Waals surface area contributed by atoms with Gasteiger partial charge in [0, 0.05) is 13.2 Å². The first-order valence-electron chi connectivity index (χ1n) is 3.73. The van der Waals surface area contributed by atoms with Gasteiger partial charge in [-0.3, -0.25) is 4.79 Å². The Morgan fingerprint density at radius 3 is 3.18 bits per heavy atom. The number of ether oxygens (including phenoxy) is 2. The first-order chi connectivity index (χ1) is 5.34. The van der Waals surface area contributed by atoms with E-state index in [2.05, 4.69) is 10.1 Å². The van der Waals surface area contributed by atoms with E-state index in [4.69, 9.17) is 4.74 Å². The maximum absolute atomic E-state index is 11.0. The van der Waals surface area contributed by atoms with Crippen molar-refractivity contribution in [1.82, 2.24) is 5.32 Å². The Labute approximate surface area is 65.9 Å². The molecule has 0 spiro atoms. The summed E-state index contributed by atoms with van der Waals surface area (Å²) in [6.45, 7) is 2.03. The van der Waals surface area contributed by atoms with Gasteiger partial charge in [0.25, 0.3) is 0 Å². The van der Waals surface area contributed by atoms with Crippen LogP contribution in [0.4, 0.5) is 0 Å². The van der Waals surface area contributed by atoms with E-state index >= 15 is 0 Å². The molecule has 0 aliphatic carbocycles. The van der Waals surface area contributed by atoms with Gasteiger partial charge in [0.1, 0.15) is 6.04 Å². The fourth-order valence-electron chi connectivity index (χ4n) is 1.05. The van der Waals surface area contributed by atoms with Crippen molar-refractivity contribution in [1.29, 1.82) is 0 Å². The largest absolute Gasteiger partial charge is 0.468 e. The smallest absolute Gasteiger partial charge is 0.322 e. The van der Waals surface area contributed by atoms with Crippen molar-refractivity contribution in [3.05, 3.63) is 0 Å². The zero-order chi connectivity index (χ0) is 8.10. The average molecular weight is 159 g/mol. The molecule has 11 heavy (non-hydrogen) atoms. The van der Waals surface area contributed by atoms with E-state index in [1.165, 1.54) is 7.11 Å². The van der Waals surface area contributed by atoms with Crippen molar-refractivity contribution in [3.63, 3.8) is 0 Å². The third kappa shape index (κ3) is 2.48. The summed E-state index contributed by atoms with van der Waals surface area (Å²) in [4.78, 5) is 11.0. The molecule has 0 aromatic heterocycles. The van der Waals surface area contributed by atoms with E-state index < -0.39 is 0 Å². The summed E-state index contributed by atoms with van der Waals surface area (Å²) in [6.07, 6.45) is 0.701. The first kappa shape index (κ1) is 8.49. The van der Waals surface area contributed by atoms with Gasteiger partial charge in [0.05, 0.1) is 13.7 Å². The predicted molar refractivity (Wildman–Crippen MR) is 39.2 cm³/mol. The predicted octanol–water partition coefficient (Wildman–Crippen LogP) is -0.462. The maximum Gasteiger partial charge on any atom is 0.322 e. The zero-order valence-corrected chi connectivity index (χ0v) is 6.63. The Kier molecular flexibility index (Phi) is 3.32. The van der Waals surface area contributed by atoms with Gasteiger partial charge in [-0.25, -0.2) is 0 Å². The van der Waals surface area contributed by atoms with Crippen molar-refractivity contribution in [2.45, 2.75) is 12.5 Å². The van der Waals surface area contributed by atoms with Crippen LogP contribution in [0.1, 0.15) is 6.42 Å². The third-order valence-corrected chi connectivity index (χ3v) is 1.67. The van der Waals surface area contributed by atoms with Crippen LogP contribution in [-0.4, -0.2) is 38.9 Å². The van der Waals surface area contributed by atoms with Crippen molar-refractivity contribution in [2.75, 3.05) is 26.9 Å². The molecule has 0 saturated carbocycles. The number of carbonyl (C=O) groups is 1. The highest BCUT2D eigenvalue weighted by Gasteiger charge is 2.19. The monoisotopic (exact) mass is 159 g/mol. The van der Waals surface area contributed by atoms with Crippen molar-refractivity contribution in [3.8, 4) is 0 Å². The van der Waals surface area contributed by atoms with E-state index in [0.717, 1.165) is 6.54 Å². The Morgan fingerprint density at radius 2 is 2.45 bits per heavy atom. The minimum atomic E-state index is -0.199. The van der Waals surface area contributed by atoms with Gasteiger partial charge in [0.15, 0.2) is 0 Å². The van der Waals surface area contributed by atoms with Gasteiger partial charge in [-0.1, -0.05) is 0 Å². The van der Waals surface area contributed by atoms with Crippen molar-refractivity contribution >= 4 is 5.97 Å². The normalized spacial score (nSPS) is 25.7. The van der Waals surface area contributed by atoms with Crippen LogP contribution < -0.4 is 5.32 Å². The Bertz CT molecular complexity index is 130. The SMILES string of the molecule is COC(=O)[C@@H]1CCOCCN1. The van der Waals surface area contributed by atoms with Gasteiger partial charge in [-0.2, -0.15) is 0 Å². The Hall–Kier alpha value is -0.610. The highest BCUT2D eigenvalue weighted by atomic mass is 16.5. The number of methoxy groups -OCH3 is 1. The number of hydrogen-bond acceptors (Lipinski definition) is 4. The molecule has 1 aliphatic rings. The highest BCUT2D eigenvalue weighted by Crippen LogP contribution is 1.98. The lowest BCUT2D eigenvalue weighted by Gasteiger charge is -2.10. The molecular formula is C7H13NO3. The molecule has 0 aromatic rings. The fraction of sp³-hybridized carbons (Fsp3) is 0.857. The summed E-state index contributed by atoms with van der Waals surface area (Å²) in [7, 11) is 1.40. The molecule has 4 heteroatoms. The van der Waals surface area contributed by atoms with E-state index in [0.29, 0.717) is 19.6 Å². The molecule has 0 radical (unpaired) electrons. The Balaban J connectivity index is 2.36. The summed E-state index contributed by atoms with van der Waals surface area (Å²) in [5.41, 5.74) is 0. The average Bonchev–Trinajstić information content (AvgIpc) is 2.30. The molecule has 0 aromatic carbocycles. The highest BCUT2D eigenvalue weighted by molar-refractivity contribution is 5.75. The summed E-state index contributed by atoms with van der Waals surface area (Å²) in [5.74, 6) is -0.199. The summed E-state index contributed by atoms with van der Waals surface area (Å²) in [5, 5.41) is 3.03. The minimum absolute atomic E-state index is 0.178. The van der Waals surface area contributed by atoms with Crippen LogP contribution in [0.25, 0.3) is 0 Å². The van der Waals surface area contributed by atoms with Gasteiger partial charge in [-0.15, -0.1) is 0 Å². The summed E-state index contributed by atoms with van der Waals surface area (Å²) >= 11 is 0. The van der Waals surface area contributed by atoms with Gasteiger partial charge < -0.3 is 14.8 Å². The molecule has 1 aliphatic heterocycles. The number of nitrogens with one attached hydrogen (secondary N) is 1. The lowest BCUT2D eigenvalue weighted by Crippen LogP contribution is -2.37. The van der Waals surface area contributed by atoms with Crippen molar-refractivity contribution < 1.29 is 14.3 Å². The molecule has 1 saturated heterocycles. The number of hydrogen-bond donors (Lipinski definition) is 1. The standard InChI is InChI=1S/C7H13NO3/c1-10-7(9)6-2-4-11-5-3-8-6/h6,8H,2-5H2,1H3/t6-/m0/s1. The molecule has 1 rings (SSSR count). The van der Waals surface area contributed by atoms with Gasteiger partial charge >= 0.3 is 5.97 Å². The first-order valence-corrected chi connectivity index (χ1v) is 3.73. The zero-order valence-electron chi connectivity index (χ0n) is 6.63. The molecule has 0 amide bonds. The van der Waals surface area contributed by atoms with Crippen molar-refractivity contribution in [2.24, 2.45) is 0 Å². The Morgan fingerprint density at radius 1 is 1.64 bits per heavy atom. The number of carbonyl (C=O) groups excluding carboxylic acids is 1. The van der Waals surface area contributed by atoms with Gasteiger partial charge in [-0.05, 0) is 6.42 Å². The molecule has 1 fully saturated rings. The minimum Gasteiger partial charge on any atom is -0.468 e. The van der Waals surface area contributed by atoms with Crippen LogP contribution in [-0.2, 0) is 14.3 Å². The van der Waals surface area contributed by atoms with Crippen LogP contribution in [0, 0.1) is 0 Å². The summed E-state index contributed by atoms with van der Waals surface area (Å²) in [6, 6.07) is -0.178. The van der Waals surface area contributed by atoms with Crippen LogP contribution in [0.15, 0.2) is 0 Å². The maximum atomic E-state index is 11.0. The van der Waals surface area contributed by atoms with E-state index in [1.54, 1.807) is 0 Å². The lowest BCUT2D eigenvalue weighted by atomic mass is 10.2. The van der Waals surface area contributed by atoms with Crippen LogP contribution >= 0.6 is 0 Å². The number of esters is 1. The molecule has 1 heterocycles. The second-order valence-corrected chi connectivity index (χ2v) is 2.43. The molecule has 0 unspecified atom stereocenters. The molecular weight excluding hydrogens is 146 g/mol. The van der Waals surface area contributed by atoms with E-state index in [9.17, 15) is 4.79 Å².